The van der Waals surface area contributed by atoms with Gasteiger partial charge in [0.1, 0.15) is 11.6 Å². The van der Waals surface area contributed by atoms with E-state index in [-0.39, 0.29) is 11.3 Å². The third-order valence-electron chi connectivity index (χ3n) is 3.26. The Balaban J connectivity index is 2.12. The fourth-order valence-corrected chi connectivity index (χ4v) is 2.08. The molecule has 5 heteroatoms. The summed E-state index contributed by atoms with van der Waals surface area (Å²) >= 11 is 0. The number of hydrogen-bond acceptors (Lipinski definition) is 4. The number of carbonyl (C=O) groups is 1. The number of phenolic OH excluding ortho intramolecular Hbond substituents is 1. The second kappa shape index (κ2) is 8.39. The van der Waals surface area contributed by atoms with Crippen molar-refractivity contribution < 1.29 is 14.6 Å². The van der Waals surface area contributed by atoms with Crippen molar-refractivity contribution >= 4 is 12.0 Å². The number of carbonyl (C=O) groups excluding carboxylic acids is 1. The van der Waals surface area contributed by atoms with Gasteiger partial charge in [0, 0.05) is 6.54 Å². The molecule has 2 aromatic rings. The maximum absolute atomic E-state index is 12.1. The molecule has 0 saturated carbocycles. The number of aromatic hydroxyl groups is 1. The summed E-state index contributed by atoms with van der Waals surface area (Å²) in [6, 6.07) is 16.0. The summed E-state index contributed by atoms with van der Waals surface area (Å²) in [5.74, 6) is -0.123. The quantitative estimate of drug-likeness (QED) is 0.632. The van der Waals surface area contributed by atoms with Crippen molar-refractivity contribution in [2.24, 2.45) is 0 Å². The smallest absolute Gasteiger partial charge is 0.262 e. The van der Waals surface area contributed by atoms with E-state index in [0.29, 0.717) is 24.5 Å². The largest absolute Gasteiger partial charge is 0.504 e. The Bertz CT molecular complexity index is 777. The van der Waals surface area contributed by atoms with Crippen molar-refractivity contribution in [3.63, 3.8) is 0 Å². The molecule has 0 aliphatic heterocycles. The topological polar surface area (TPSA) is 82.3 Å². The molecular formula is C19H18N2O3. The van der Waals surface area contributed by atoms with Gasteiger partial charge in [-0.15, -0.1) is 0 Å². The molecule has 5 nitrogen and oxygen atoms in total. The van der Waals surface area contributed by atoms with Gasteiger partial charge in [-0.3, -0.25) is 4.79 Å². The highest BCUT2D eigenvalue weighted by Crippen LogP contribution is 2.27. The Morgan fingerprint density at radius 1 is 1.29 bits per heavy atom. The van der Waals surface area contributed by atoms with Crippen LogP contribution in [-0.2, 0) is 11.3 Å². The number of nitrogens with one attached hydrogen (secondary N) is 1. The lowest BCUT2D eigenvalue weighted by Crippen LogP contribution is -2.23. The van der Waals surface area contributed by atoms with Crippen molar-refractivity contribution in [3.05, 3.63) is 65.2 Å². The SMILES string of the molecule is CCOc1cc(/C=C(/C#N)C(=O)NCc2ccccc2)ccc1O. The number of nitriles is 1. The second-order valence-corrected chi connectivity index (χ2v) is 5.00. The average Bonchev–Trinajstić information content (AvgIpc) is 2.61. The minimum atomic E-state index is -0.451. The molecule has 0 bridgehead atoms. The van der Waals surface area contributed by atoms with E-state index in [4.69, 9.17) is 4.74 Å². The molecule has 122 valence electrons. The van der Waals surface area contributed by atoms with E-state index in [1.165, 1.54) is 12.1 Å². The Kier molecular flexibility index (Phi) is 5.98. The minimum Gasteiger partial charge on any atom is -0.504 e. The molecule has 0 saturated heterocycles. The first-order valence-electron chi connectivity index (χ1n) is 7.53. The average molecular weight is 322 g/mol. The summed E-state index contributed by atoms with van der Waals surface area (Å²) in [4.78, 5) is 12.1. The van der Waals surface area contributed by atoms with Crippen molar-refractivity contribution in [2.75, 3.05) is 6.61 Å². The Morgan fingerprint density at radius 2 is 2.04 bits per heavy atom. The molecule has 0 heterocycles. The predicted molar refractivity (Wildman–Crippen MR) is 91.2 cm³/mol. The van der Waals surface area contributed by atoms with E-state index >= 15 is 0 Å². The predicted octanol–water partition coefficient (Wildman–Crippen LogP) is 3.01. The van der Waals surface area contributed by atoms with Gasteiger partial charge in [0.25, 0.3) is 5.91 Å². The van der Waals surface area contributed by atoms with Crippen LogP contribution in [0.5, 0.6) is 11.5 Å². The van der Waals surface area contributed by atoms with Crippen LogP contribution in [0.1, 0.15) is 18.1 Å². The third-order valence-corrected chi connectivity index (χ3v) is 3.26. The lowest BCUT2D eigenvalue weighted by molar-refractivity contribution is -0.117. The molecule has 2 rings (SSSR count). The zero-order valence-electron chi connectivity index (χ0n) is 13.3. The van der Waals surface area contributed by atoms with Gasteiger partial charge in [-0.05, 0) is 36.3 Å². The number of nitrogens with zero attached hydrogens (tertiary/aromatic N) is 1. The lowest BCUT2D eigenvalue weighted by Gasteiger charge is -2.07. The van der Waals surface area contributed by atoms with Crippen LogP contribution in [0.4, 0.5) is 0 Å². The molecule has 0 aliphatic carbocycles. The van der Waals surface area contributed by atoms with E-state index in [2.05, 4.69) is 5.32 Å². The van der Waals surface area contributed by atoms with E-state index in [1.54, 1.807) is 19.1 Å². The molecule has 2 N–H and O–H groups in total. The second-order valence-electron chi connectivity index (χ2n) is 5.00. The van der Waals surface area contributed by atoms with Gasteiger partial charge in [0.15, 0.2) is 11.5 Å². The number of rotatable bonds is 6. The zero-order chi connectivity index (χ0) is 17.4. The first-order valence-corrected chi connectivity index (χ1v) is 7.53. The van der Waals surface area contributed by atoms with Gasteiger partial charge < -0.3 is 15.2 Å². The number of ether oxygens (including phenoxy) is 1. The van der Waals surface area contributed by atoms with Crippen LogP contribution in [0.15, 0.2) is 54.1 Å². The van der Waals surface area contributed by atoms with Crippen molar-refractivity contribution in [1.29, 1.82) is 5.26 Å². The zero-order valence-corrected chi connectivity index (χ0v) is 13.3. The highest BCUT2D eigenvalue weighted by atomic mass is 16.5. The molecule has 0 unspecified atom stereocenters. The number of phenols is 1. The van der Waals surface area contributed by atoms with Crippen LogP contribution in [0.3, 0.4) is 0 Å². The molecule has 2 aromatic carbocycles. The number of benzene rings is 2. The van der Waals surface area contributed by atoms with Crippen LogP contribution >= 0.6 is 0 Å². The molecule has 0 atom stereocenters. The van der Waals surface area contributed by atoms with Gasteiger partial charge in [-0.25, -0.2) is 0 Å². The van der Waals surface area contributed by atoms with Crippen LogP contribution in [0.25, 0.3) is 6.08 Å². The van der Waals surface area contributed by atoms with E-state index in [1.807, 2.05) is 36.4 Å². The maximum Gasteiger partial charge on any atom is 0.262 e. The Hall–Kier alpha value is -3.26. The summed E-state index contributed by atoms with van der Waals surface area (Å²) in [7, 11) is 0. The van der Waals surface area contributed by atoms with Gasteiger partial charge in [-0.1, -0.05) is 36.4 Å². The maximum atomic E-state index is 12.1. The Labute approximate surface area is 140 Å². The molecule has 0 spiro atoms. The third kappa shape index (κ3) is 4.62. The van der Waals surface area contributed by atoms with Crippen LogP contribution < -0.4 is 10.1 Å². The molecule has 0 radical (unpaired) electrons. The summed E-state index contributed by atoms with van der Waals surface area (Å²) in [5.41, 5.74) is 1.54. The molecule has 1 amide bonds. The highest BCUT2D eigenvalue weighted by molar-refractivity contribution is 6.01. The first-order chi connectivity index (χ1) is 11.6. The van der Waals surface area contributed by atoms with Crippen molar-refractivity contribution in [2.45, 2.75) is 13.5 Å². The van der Waals surface area contributed by atoms with Gasteiger partial charge >= 0.3 is 0 Å². The van der Waals surface area contributed by atoms with Gasteiger partial charge in [0.05, 0.1) is 6.61 Å². The van der Waals surface area contributed by atoms with E-state index in [0.717, 1.165) is 5.56 Å². The summed E-state index contributed by atoms with van der Waals surface area (Å²) in [6.45, 7) is 2.56. The molecule has 24 heavy (non-hydrogen) atoms. The van der Waals surface area contributed by atoms with E-state index < -0.39 is 5.91 Å². The van der Waals surface area contributed by atoms with Gasteiger partial charge in [0.2, 0.25) is 0 Å². The highest BCUT2D eigenvalue weighted by Gasteiger charge is 2.10. The van der Waals surface area contributed by atoms with Gasteiger partial charge in [-0.2, -0.15) is 5.26 Å². The van der Waals surface area contributed by atoms with Crippen LogP contribution in [0.2, 0.25) is 0 Å². The monoisotopic (exact) mass is 322 g/mol. The molecule has 0 fully saturated rings. The summed E-state index contributed by atoms with van der Waals surface area (Å²) in [5, 5.41) is 21.6. The van der Waals surface area contributed by atoms with Crippen molar-refractivity contribution in [1.82, 2.24) is 5.32 Å². The fourth-order valence-electron chi connectivity index (χ4n) is 2.08. The number of hydrogen-bond donors (Lipinski definition) is 2. The molecule has 0 aromatic heterocycles. The number of amides is 1. The normalized spacial score (nSPS) is 10.8. The molecule has 0 aliphatic rings. The minimum absolute atomic E-state index is 0.0148. The van der Waals surface area contributed by atoms with Crippen LogP contribution in [0, 0.1) is 11.3 Å². The standard InChI is InChI=1S/C19H18N2O3/c1-2-24-18-11-15(8-9-17(18)22)10-16(12-20)19(23)21-13-14-6-4-3-5-7-14/h3-11,22H,2,13H2,1H3,(H,21,23)/b16-10-. The lowest BCUT2D eigenvalue weighted by atomic mass is 10.1. The van der Waals surface area contributed by atoms with Crippen molar-refractivity contribution in [3.8, 4) is 17.6 Å². The Morgan fingerprint density at radius 3 is 2.71 bits per heavy atom. The fraction of sp³-hybridized carbons (Fsp3) is 0.158. The van der Waals surface area contributed by atoms with E-state index in [9.17, 15) is 15.2 Å². The summed E-state index contributed by atoms with van der Waals surface area (Å²) < 4.78 is 5.30. The van der Waals surface area contributed by atoms with Crippen LogP contribution in [-0.4, -0.2) is 17.6 Å². The molecular weight excluding hydrogens is 304 g/mol. The summed E-state index contributed by atoms with van der Waals surface area (Å²) in [6.07, 6.45) is 1.46. The first kappa shape index (κ1) is 17.1.